The lowest BCUT2D eigenvalue weighted by Crippen LogP contribution is -2.34. The average molecular weight is 258 g/mol. The molecule has 2 atom stereocenters. The summed E-state index contributed by atoms with van der Waals surface area (Å²) in [6.45, 7) is 10.3. The van der Waals surface area contributed by atoms with Gasteiger partial charge in [0, 0.05) is 20.6 Å². The van der Waals surface area contributed by atoms with E-state index in [9.17, 15) is 0 Å². The zero-order valence-corrected chi connectivity index (χ0v) is 13.1. The van der Waals surface area contributed by atoms with Gasteiger partial charge in [0.15, 0.2) is 5.72 Å². The zero-order valence-electron chi connectivity index (χ0n) is 13.1. The molecule has 0 bridgehead atoms. The molecule has 0 aliphatic heterocycles. The molecule has 0 spiro atoms. The molecule has 0 radical (unpaired) electrons. The van der Waals surface area contributed by atoms with Crippen molar-refractivity contribution in [3.8, 4) is 0 Å². The highest BCUT2D eigenvalue weighted by Crippen LogP contribution is 2.28. The molecule has 0 aromatic heterocycles. The van der Waals surface area contributed by atoms with Gasteiger partial charge in [0.2, 0.25) is 0 Å². The molecule has 0 rings (SSSR count). The molecule has 2 unspecified atom stereocenters. The fourth-order valence-corrected chi connectivity index (χ4v) is 1.65. The lowest BCUT2D eigenvalue weighted by Gasteiger charge is -2.30. The highest BCUT2D eigenvalue weighted by Gasteiger charge is 2.32. The van der Waals surface area contributed by atoms with Crippen molar-refractivity contribution < 1.29 is 9.47 Å². The first-order chi connectivity index (χ1) is 8.28. The van der Waals surface area contributed by atoms with Gasteiger partial charge in [-0.15, -0.1) is 0 Å². The van der Waals surface area contributed by atoms with Gasteiger partial charge in [-0.3, -0.25) is 0 Å². The van der Waals surface area contributed by atoms with Crippen LogP contribution in [-0.4, -0.2) is 31.6 Å². The van der Waals surface area contributed by atoms with Crippen LogP contribution in [0.5, 0.6) is 0 Å². The maximum atomic E-state index is 5.67. The van der Waals surface area contributed by atoms with Gasteiger partial charge < -0.3 is 9.47 Å². The number of unbranched alkanes of at least 4 members (excludes halogenated alkanes) is 1. The SMILES string of the molecule is CCCCC(CC(C)OC)(N=NC(C)(C)C)OC. The Kier molecular flexibility index (Phi) is 7.64. The van der Waals surface area contributed by atoms with Crippen LogP contribution in [0.4, 0.5) is 0 Å². The van der Waals surface area contributed by atoms with E-state index in [4.69, 9.17) is 9.47 Å². The Labute approximate surface area is 112 Å². The van der Waals surface area contributed by atoms with E-state index in [1.807, 2.05) is 27.7 Å². The number of hydrogen-bond acceptors (Lipinski definition) is 4. The van der Waals surface area contributed by atoms with Crippen LogP contribution in [0.3, 0.4) is 0 Å². The number of hydrogen-bond donors (Lipinski definition) is 0. The molecule has 0 amide bonds. The van der Waals surface area contributed by atoms with Gasteiger partial charge in [0.25, 0.3) is 0 Å². The van der Waals surface area contributed by atoms with Crippen LogP contribution in [0.1, 0.15) is 60.3 Å². The maximum Gasteiger partial charge on any atom is 0.180 e. The largest absolute Gasteiger partial charge is 0.382 e. The first-order valence-electron chi connectivity index (χ1n) is 6.80. The fourth-order valence-electron chi connectivity index (χ4n) is 1.65. The van der Waals surface area contributed by atoms with E-state index in [0.717, 1.165) is 25.7 Å². The molecule has 0 saturated heterocycles. The second-order valence-electron chi connectivity index (χ2n) is 5.88. The minimum atomic E-state index is -0.543. The molecular formula is C14H30N2O2. The van der Waals surface area contributed by atoms with E-state index in [1.165, 1.54) is 0 Å². The van der Waals surface area contributed by atoms with E-state index in [2.05, 4.69) is 17.2 Å². The topological polar surface area (TPSA) is 43.2 Å². The first-order valence-corrected chi connectivity index (χ1v) is 6.80. The third-order valence-corrected chi connectivity index (χ3v) is 2.84. The zero-order chi connectivity index (χ0) is 14.2. The Morgan fingerprint density at radius 1 is 1.11 bits per heavy atom. The summed E-state index contributed by atoms with van der Waals surface area (Å²) >= 11 is 0. The van der Waals surface area contributed by atoms with Crippen molar-refractivity contribution >= 4 is 0 Å². The van der Waals surface area contributed by atoms with Crippen LogP contribution in [0, 0.1) is 0 Å². The van der Waals surface area contributed by atoms with Crippen LogP contribution in [-0.2, 0) is 9.47 Å². The van der Waals surface area contributed by atoms with Gasteiger partial charge >= 0.3 is 0 Å². The van der Waals surface area contributed by atoms with Gasteiger partial charge in [-0.25, -0.2) is 0 Å². The predicted octanol–water partition coefficient (Wildman–Crippen LogP) is 4.20. The molecule has 4 heteroatoms. The second kappa shape index (κ2) is 7.85. The minimum Gasteiger partial charge on any atom is -0.382 e. The normalized spacial score (nSPS) is 17.9. The van der Waals surface area contributed by atoms with Crippen LogP contribution >= 0.6 is 0 Å². The summed E-state index contributed by atoms with van der Waals surface area (Å²) in [5.41, 5.74) is -0.717. The molecule has 0 aliphatic rings. The molecule has 0 aliphatic carbocycles. The summed E-state index contributed by atoms with van der Waals surface area (Å²) in [6.07, 6.45) is 3.93. The monoisotopic (exact) mass is 258 g/mol. The summed E-state index contributed by atoms with van der Waals surface area (Å²) in [6, 6.07) is 0. The third kappa shape index (κ3) is 7.07. The van der Waals surface area contributed by atoms with Gasteiger partial charge in [-0.2, -0.15) is 10.2 Å². The lowest BCUT2D eigenvalue weighted by molar-refractivity contribution is -0.0587. The van der Waals surface area contributed by atoms with Gasteiger partial charge in [-0.05, 0) is 40.5 Å². The molecule has 0 aromatic carbocycles. The standard InChI is InChI=1S/C14H30N2O2/c1-8-9-10-14(18-7,11-12(2)17-6)16-15-13(3,4)5/h12H,8-11H2,1-7H3. The summed E-state index contributed by atoms with van der Waals surface area (Å²) in [5, 5.41) is 8.88. The van der Waals surface area contributed by atoms with Crippen molar-refractivity contribution in [1.82, 2.24) is 0 Å². The van der Waals surface area contributed by atoms with Gasteiger partial charge in [-0.1, -0.05) is 13.3 Å². The Morgan fingerprint density at radius 3 is 2.11 bits per heavy atom. The smallest absolute Gasteiger partial charge is 0.180 e. The Balaban J connectivity index is 4.91. The molecule has 0 N–H and O–H groups in total. The average Bonchev–Trinajstić information content (AvgIpc) is 2.31. The summed E-state index contributed by atoms with van der Waals surface area (Å²) in [7, 11) is 3.42. The van der Waals surface area contributed by atoms with Crippen molar-refractivity contribution in [3.63, 3.8) is 0 Å². The summed E-state index contributed by atoms with van der Waals surface area (Å²) < 4.78 is 11.0. The van der Waals surface area contributed by atoms with Gasteiger partial charge in [0.05, 0.1) is 11.6 Å². The lowest BCUT2D eigenvalue weighted by atomic mass is 10.00. The van der Waals surface area contributed by atoms with E-state index < -0.39 is 5.72 Å². The molecule has 18 heavy (non-hydrogen) atoms. The van der Waals surface area contributed by atoms with Crippen LogP contribution in [0.15, 0.2) is 10.2 Å². The number of nitrogens with zero attached hydrogens (tertiary/aromatic N) is 2. The maximum absolute atomic E-state index is 5.67. The Bertz CT molecular complexity index is 249. The molecule has 0 aromatic rings. The van der Waals surface area contributed by atoms with Crippen molar-refractivity contribution in [3.05, 3.63) is 0 Å². The molecule has 0 fully saturated rings. The number of azo groups is 1. The fraction of sp³-hybridized carbons (Fsp3) is 1.00. The van der Waals surface area contributed by atoms with Crippen molar-refractivity contribution in [2.75, 3.05) is 14.2 Å². The third-order valence-electron chi connectivity index (χ3n) is 2.84. The van der Waals surface area contributed by atoms with Crippen molar-refractivity contribution in [2.45, 2.75) is 77.7 Å². The molecular weight excluding hydrogens is 228 g/mol. The number of ether oxygens (including phenoxy) is 2. The molecule has 108 valence electrons. The van der Waals surface area contributed by atoms with Crippen LogP contribution in [0.25, 0.3) is 0 Å². The minimum absolute atomic E-state index is 0.112. The van der Waals surface area contributed by atoms with Crippen LogP contribution in [0.2, 0.25) is 0 Å². The summed E-state index contributed by atoms with van der Waals surface area (Å²) in [4.78, 5) is 0. The van der Waals surface area contributed by atoms with Crippen molar-refractivity contribution in [1.29, 1.82) is 0 Å². The van der Waals surface area contributed by atoms with Crippen LogP contribution < -0.4 is 0 Å². The predicted molar refractivity (Wildman–Crippen MR) is 75.0 cm³/mol. The Hall–Kier alpha value is -0.480. The molecule has 0 saturated carbocycles. The molecule has 4 nitrogen and oxygen atoms in total. The van der Waals surface area contributed by atoms with Crippen molar-refractivity contribution in [2.24, 2.45) is 10.2 Å². The quantitative estimate of drug-likeness (QED) is 0.612. The second-order valence-corrected chi connectivity index (χ2v) is 5.88. The van der Waals surface area contributed by atoms with Gasteiger partial charge in [0.1, 0.15) is 0 Å². The number of rotatable bonds is 8. The highest BCUT2D eigenvalue weighted by molar-refractivity contribution is 4.81. The van der Waals surface area contributed by atoms with E-state index in [0.29, 0.717) is 0 Å². The summed E-state index contributed by atoms with van der Waals surface area (Å²) in [5.74, 6) is 0. The van der Waals surface area contributed by atoms with E-state index in [1.54, 1.807) is 14.2 Å². The van der Waals surface area contributed by atoms with E-state index in [-0.39, 0.29) is 11.6 Å². The highest BCUT2D eigenvalue weighted by atomic mass is 16.5. The Morgan fingerprint density at radius 2 is 1.72 bits per heavy atom. The number of methoxy groups -OCH3 is 2. The molecule has 0 heterocycles. The first kappa shape index (κ1) is 17.5. The van der Waals surface area contributed by atoms with E-state index >= 15 is 0 Å².